The average Bonchev–Trinajstić information content (AvgIpc) is 2.83. The molecule has 12 heteroatoms. The van der Waals surface area contributed by atoms with Gasteiger partial charge in [0.25, 0.3) is 0 Å². The molecule has 0 rings (SSSR count). The molecule has 0 aliphatic heterocycles. The molecular formula is C24H59N11O. The third kappa shape index (κ3) is 21.2. The average molecular weight is 518 g/mol. The second-order valence-electron chi connectivity index (χ2n) is 9.52. The van der Waals surface area contributed by atoms with Crippen molar-refractivity contribution in [3.63, 3.8) is 0 Å². The van der Waals surface area contributed by atoms with E-state index in [4.69, 9.17) is 22.9 Å². The first-order valence-electron chi connectivity index (χ1n) is 13.7. The third-order valence-electron chi connectivity index (χ3n) is 6.25. The molecule has 0 fully saturated rings. The molecular weight excluding hydrogens is 458 g/mol. The number of nitrogens with zero attached hydrogens (tertiary/aromatic N) is 5. The lowest BCUT2D eigenvalue weighted by Gasteiger charge is -2.30. The first kappa shape index (κ1) is 35.1. The summed E-state index contributed by atoms with van der Waals surface area (Å²) < 4.78 is 0. The van der Waals surface area contributed by atoms with Gasteiger partial charge in [-0.1, -0.05) is 0 Å². The second-order valence-corrected chi connectivity index (χ2v) is 9.52. The quantitative estimate of drug-likeness (QED) is 0.0627. The van der Waals surface area contributed by atoms with Gasteiger partial charge in [-0.3, -0.25) is 19.5 Å². The fraction of sp³-hybridized carbons (Fsp3) is 0.958. The lowest BCUT2D eigenvalue weighted by atomic mass is 10.3. The van der Waals surface area contributed by atoms with Gasteiger partial charge in [0.05, 0.1) is 0 Å². The smallest absolute Gasteiger partial charge is 0.216 e. The molecule has 0 aromatic heterocycles. The van der Waals surface area contributed by atoms with Crippen LogP contribution in [-0.2, 0) is 4.79 Å². The van der Waals surface area contributed by atoms with E-state index in [9.17, 15) is 4.79 Å². The molecule has 0 saturated heterocycles. The fourth-order valence-electron chi connectivity index (χ4n) is 3.92. The normalized spacial score (nSPS) is 12.1. The van der Waals surface area contributed by atoms with Crippen LogP contribution in [0.15, 0.2) is 0 Å². The van der Waals surface area contributed by atoms with E-state index in [1.165, 1.54) is 0 Å². The second kappa shape index (κ2) is 24.4. The van der Waals surface area contributed by atoms with Crippen LogP contribution in [0.5, 0.6) is 0 Å². The Morgan fingerprint density at radius 2 is 0.889 bits per heavy atom. The molecule has 0 atom stereocenters. The van der Waals surface area contributed by atoms with Crippen molar-refractivity contribution in [2.45, 2.75) is 6.92 Å². The molecule has 0 spiro atoms. The van der Waals surface area contributed by atoms with Crippen LogP contribution in [0.1, 0.15) is 6.92 Å². The summed E-state index contributed by atoms with van der Waals surface area (Å²) in [5.74, 6) is 0.0206. The lowest BCUT2D eigenvalue weighted by Crippen LogP contribution is -2.45. The van der Waals surface area contributed by atoms with Crippen LogP contribution >= 0.6 is 0 Å². The molecule has 1 amide bonds. The molecule has 0 unspecified atom stereocenters. The Labute approximate surface area is 221 Å². The molecule has 36 heavy (non-hydrogen) atoms. The van der Waals surface area contributed by atoms with Gasteiger partial charge in [-0.25, -0.2) is 0 Å². The highest BCUT2D eigenvalue weighted by Crippen LogP contribution is 1.95. The van der Waals surface area contributed by atoms with Gasteiger partial charge in [0.15, 0.2) is 0 Å². The standard InChI is InChI=1S/C24H59N11O/c1-24(36)30-10-16-31(2)15-8-29-9-17-35(23-22-34(13-6-27)14-7-28)21-19-32(3)18-20-33(11-4-25)12-5-26/h29H,4-23,25-28H2,1-3H3,(H,30,36). The minimum absolute atomic E-state index is 0.0206. The third-order valence-corrected chi connectivity index (χ3v) is 6.25. The van der Waals surface area contributed by atoms with E-state index >= 15 is 0 Å². The molecule has 216 valence electrons. The van der Waals surface area contributed by atoms with Gasteiger partial charge in [0.2, 0.25) is 5.91 Å². The van der Waals surface area contributed by atoms with Gasteiger partial charge in [-0.2, -0.15) is 0 Å². The summed E-state index contributed by atoms with van der Waals surface area (Å²) in [6.07, 6.45) is 0. The number of amides is 1. The summed E-state index contributed by atoms with van der Waals surface area (Å²) in [6, 6.07) is 0. The number of rotatable bonds is 26. The Balaban J connectivity index is 4.51. The molecule has 0 heterocycles. The Kier molecular flexibility index (Phi) is 23.8. The molecule has 0 aliphatic rings. The molecule has 0 saturated carbocycles. The van der Waals surface area contributed by atoms with Gasteiger partial charge < -0.3 is 43.4 Å². The van der Waals surface area contributed by atoms with Crippen LogP contribution in [0.25, 0.3) is 0 Å². The van der Waals surface area contributed by atoms with Crippen molar-refractivity contribution in [2.75, 3.05) is 145 Å². The molecule has 0 bridgehead atoms. The van der Waals surface area contributed by atoms with Gasteiger partial charge in [-0.05, 0) is 14.1 Å². The molecule has 0 aromatic rings. The van der Waals surface area contributed by atoms with E-state index in [0.29, 0.717) is 32.7 Å². The zero-order valence-corrected chi connectivity index (χ0v) is 23.6. The van der Waals surface area contributed by atoms with Crippen LogP contribution in [0.4, 0.5) is 0 Å². The maximum absolute atomic E-state index is 11.0. The van der Waals surface area contributed by atoms with Crippen molar-refractivity contribution in [3.05, 3.63) is 0 Å². The summed E-state index contributed by atoms with van der Waals surface area (Å²) >= 11 is 0. The largest absolute Gasteiger partial charge is 0.355 e. The fourth-order valence-corrected chi connectivity index (χ4v) is 3.92. The topological polar surface area (TPSA) is 161 Å². The van der Waals surface area contributed by atoms with E-state index in [1.54, 1.807) is 6.92 Å². The van der Waals surface area contributed by atoms with Crippen molar-refractivity contribution in [1.82, 2.24) is 35.1 Å². The van der Waals surface area contributed by atoms with Crippen molar-refractivity contribution >= 4 is 5.91 Å². The predicted octanol–water partition coefficient (Wildman–Crippen LogP) is -3.68. The first-order chi connectivity index (χ1) is 17.4. The monoisotopic (exact) mass is 517 g/mol. The van der Waals surface area contributed by atoms with Gasteiger partial charge in [0, 0.05) is 138 Å². The van der Waals surface area contributed by atoms with Crippen molar-refractivity contribution in [2.24, 2.45) is 22.9 Å². The number of hydrogen-bond donors (Lipinski definition) is 6. The maximum Gasteiger partial charge on any atom is 0.216 e. The first-order valence-corrected chi connectivity index (χ1v) is 13.7. The van der Waals surface area contributed by atoms with Crippen LogP contribution < -0.4 is 33.6 Å². The summed E-state index contributed by atoms with van der Waals surface area (Å²) in [7, 11) is 4.27. The number of nitrogens with one attached hydrogen (secondary N) is 2. The molecule has 0 aliphatic carbocycles. The van der Waals surface area contributed by atoms with Gasteiger partial charge >= 0.3 is 0 Å². The van der Waals surface area contributed by atoms with Gasteiger partial charge in [-0.15, -0.1) is 0 Å². The number of nitrogens with two attached hydrogens (primary N) is 4. The lowest BCUT2D eigenvalue weighted by molar-refractivity contribution is -0.119. The molecule has 12 nitrogen and oxygen atoms in total. The zero-order chi connectivity index (χ0) is 27.0. The van der Waals surface area contributed by atoms with E-state index in [-0.39, 0.29) is 5.91 Å². The SMILES string of the molecule is CC(=O)NCCN(C)CCNCCN(CCN(C)CCN(CCN)CCN)CCN(CCN)CCN. The number of hydrogen-bond acceptors (Lipinski definition) is 11. The van der Waals surface area contributed by atoms with Crippen LogP contribution in [0, 0.1) is 0 Å². The number of carbonyl (C=O) groups excluding carboxylic acids is 1. The van der Waals surface area contributed by atoms with E-state index in [1.807, 2.05) is 0 Å². The van der Waals surface area contributed by atoms with Crippen LogP contribution in [-0.4, -0.2) is 175 Å². The predicted molar refractivity (Wildman–Crippen MR) is 152 cm³/mol. The van der Waals surface area contributed by atoms with Crippen LogP contribution in [0.3, 0.4) is 0 Å². The molecule has 10 N–H and O–H groups in total. The van der Waals surface area contributed by atoms with Gasteiger partial charge in [0.1, 0.15) is 0 Å². The van der Waals surface area contributed by atoms with E-state index < -0.39 is 0 Å². The zero-order valence-electron chi connectivity index (χ0n) is 23.6. The minimum Gasteiger partial charge on any atom is -0.355 e. The van der Waals surface area contributed by atoms with E-state index in [0.717, 1.165) is 98.2 Å². The maximum atomic E-state index is 11.0. The summed E-state index contributed by atoms with van der Waals surface area (Å²) in [5, 5.41) is 6.41. The Morgan fingerprint density at radius 3 is 1.33 bits per heavy atom. The van der Waals surface area contributed by atoms with Crippen molar-refractivity contribution in [1.29, 1.82) is 0 Å². The highest BCUT2D eigenvalue weighted by Gasteiger charge is 2.11. The highest BCUT2D eigenvalue weighted by atomic mass is 16.1. The Hall–Kier alpha value is -0.930. The summed E-state index contributed by atoms with van der Waals surface area (Å²) in [4.78, 5) is 22.8. The van der Waals surface area contributed by atoms with E-state index in [2.05, 4.69) is 49.2 Å². The Morgan fingerprint density at radius 1 is 0.528 bits per heavy atom. The minimum atomic E-state index is 0.0206. The summed E-state index contributed by atoms with van der Waals surface area (Å²) in [5.41, 5.74) is 23.1. The number of carbonyl (C=O) groups is 1. The van der Waals surface area contributed by atoms with Crippen molar-refractivity contribution in [3.8, 4) is 0 Å². The summed E-state index contributed by atoms with van der Waals surface area (Å²) in [6.45, 7) is 19.1. The highest BCUT2D eigenvalue weighted by molar-refractivity contribution is 5.72. The Bertz CT molecular complexity index is 489. The van der Waals surface area contributed by atoms with Crippen LogP contribution in [0.2, 0.25) is 0 Å². The molecule has 0 aromatic carbocycles. The molecule has 0 radical (unpaired) electrons. The number of likely N-dealkylation sites (N-methyl/N-ethyl adjacent to an activating group) is 2. The van der Waals surface area contributed by atoms with Crippen molar-refractivity contribution < 1.29 is 4.79 Å².